The summed E-state index contributed by atoms with van der Waals surface area (Å²) in [5.41, 5.74) is 1.78. The molecular weight excluding hydrogens is 502 g/mol. The molecule has 2 fully saturated rings. The number of amides is 3. The average molecular weight is 524 g/mol. The van der Waals surface area contributed by atoms with Crippen molar-refractivity contribution >= 4 is 55.1 Å². The fourth-order valence-electron chi connectivity index (χ4n) is 5.18. The molecule has 3 heterocycles. The first kappa shape index (κ1) is 20.9. The second-order valence-electron chi connectivity index (χ2n) is 9.05. The number of nitrogens with one attached hydrogen (secondary N) is 1. The molecule has 8 heteroatoms. The van der Waals surface area contributed by atoms with E-state index in [0.29, 0.717) is 44.4 Å². The van der Waals surface area contributed by atoms with Gasteiger partial charge in [0.2, 0.25) is 5.91 Å². The first-order valence-corrected chi connectivity index (χ1v) is 12.7. The Bertz CT molecular complexity index is 1290. The Morgan fingerprint density at radius 3 is 2.67 bits per heavy atom. The third kappa shape index (κ3) is 3.75. The number of benzene rings is 2. The molecule has 3 atom stereocenters. The second kappa shape index (κ2) is 7.95. The topological polar surface area (TPSA) is 69.7 Å². The molecule has 3 aromatic rings. The van der Waals surface area contributed by atoms with Gasteiger partial charge in [0.1, 0.15) is 0 Å². The Morgan fingerprint density at radius 1 is 1.09 bits per heavy atom. The number of hydrogen-bond donors (Lipinski definition) is 1. The van der Waals surface area contributed by atoms with Crippen molar-refractivity contribution in [3.05, 3.63) is 69.0 Å². The SMILES string of the molecule is O=C(NC1[C@H]2CN(C(=O)CCN3Cc4ccccc4C3=O)C[C@@H]12)c1cc2cc(Br)ccc2s1. The highest BCUT2D eigenvalue weighted by Gasteiger charge is 2.57. The molecule has 1 aliphatic carbocycles. The Balaban J connectivity index is 0.994. The van der Waals surface area contributed by atoms with Gasteiger partial charge < -0.3 is 15.1 Å². The number of hydrogen-bond acceptors (Lipinski definition) is 4. The van der Waals surface area contributed by atoms with Crippen LogP contribution in [0.3, 0.4) is 0 Å². The quantitative estimate of drug-likeness (QED) is 0.551. The van der Waals surface area contributed by atoms with Gasteiger partial charge in [-0.25, -0.2) is 0 Å². The van der Waals surface area contributed by atoms with Crippen molar-refractivity contribution in [1.82, 2.24) is 15.1 Å². The zero-order chi connectivity index (χ0) is 22.7. The van der Waals surface area contributed by atoms with Crippen molar-refractivity contribution in [1.29, 1.82) is 0 Å². The maximum absolute atomic E-state index is 12.7. The van der Waals surface area contributed by atoms with Crippen LogP contribution in [-0.4, -0.2) is 53.2 Å². The largest absolute Gasteiger partial charge is 0.348 e. The zero-order valence-electron chi connectivity index (χ0n) is 17.8. The van der Waals surface area contributed by atoms with Crippen LogP contribution >= 0.6 is 27.3 Å². The van der Waals surface area contributed by atoms with Crippen molar-refractivity contribution in [2.45, 2.75) is 19.0 Å². The zero-order valence-corrected chi connectivity index (χ0v) is 20.2. The number of thiophene rings is 1. The molecule has 2 aliphatic heterocycles. The number of carbonyl (C=O) groups excluding carboxylic acids is 3. The van der Waals surface area contributed by atoms with E-state index < -0.39 is 0 Å². The summed E-state index contributed by atoms with van der Waals surface area (Å²) < 4.78 is 2.09. The number of piperidine rings is 1. The van der Waals surface area contributed by atoms with E-state index in [4.69, 9.17) is 0 Å². The van der Waals surface area contributed by atoms with Gasteiger partial charge in [-0.05, 0) is 41.3 Å². The Hall–Kier alpha value is -2.71. The molecule has 1 N–H and O–H groups in total. The van der Waals surface area contributed by atoms with E-state index in [1.54, 1.807) is 4.90 Å². The summed E-state index contributed by atoms with van der Waals surface area (Å²) in [4.78, 5) is 42.3. The van der Waals surface area contributed by atoms with Crippen molar-refractivity contribution in [3.63, 3.8) is 0 Å². The highest BCUT2D eigenvalue weighted by atomic mass is 79.9. The van der Waals surface area contributed by atoms with Crippen LogP contribution in [0.2, 0.25) is 0 Å². The van der Waals surface area contributed by atoms with Crippen LogP contribution < -0.4 is 5.32 Å². The smallest absolute Gasteiger partial charge is 0.261 e. The van der Waals surface area contributed by atoms with Crippen molar-refractivity contribution in [2.24, 2.45) is 11.8 Å². The molecule has 3 amide bonds. The van der Waals surface area contributed by atoms with E-state index >= 15 is 0 Å². The summed E-state index contributed by atoms with van der Waals surface area (Å²) >= 11 is 4.97. The van der Waals surface area contributed by atoms with E-state index in [1.807, 2.05) is 53.4 Å². The third-order valence-electron chi connectivity index (χ3n) is 7.04. The van der Waals surface area contributed by atoms with Gasteiger partial charge in [-0.1, -0.05) is 34.1 Å². The number of fused-ring (bicyclic) bond motifs is 3. The number of nitrogens with zero attached hydrogens (tertiary/aromatic N) is 2. The lowest BCUT2D eigenvalue weighted by atomic mass is 10.1. The third-order valence-corrected chi connectivity index (χ3v) is 8.65. The minimum atomic E-state index is -0.0308. The van der Waals surface area contributed by atoms with E-state index in [0.717, 1.165) is 30.6 Å². The van der Waals surface area contributed by atoms with Crippen LogP contribution in [0, 0.1) is 11.8 Å². The molecule has 1 saturated carbocycles. The molecule has 33 heavy (non-hydrogen) atoms. The molecule has 0 bridgehead atoms. The standard InChI is InChI=1S/C25H22BrN3O3S/c26-16-5-6-20-15(9-16)10-21(33-20)24(31)27-23-18-12-29(13-19(18)23)22(30)7-8-28-11-14-3-1-2-4-17(14)25(28)32/h1-6,9-10,18-19,23H,7-8,11-13H2,(H,27,31)/t18-,19+,23?. The van der Waals surface area contributed by atoms with Crippen LogP contribution in [-0.2, 0) is 11.3 Å². The molecular formula is C25H22BrN3O3S. The van der Waals surface area contributed by atoms with Gasteiger partial charge in [0.25, 0.3) is 11.8 Å². The Morgan fingerprint density at radius 2 is 1.88 bits per heavy atom. The van der Waals surface area contributed by atoms with Crippen molar-refractivity contribution in [2.75, 3.05) is 19.6 Å². The molecule has 6 rings (SSSR count). The van der Waals surface area contributed by atoms with Crippen LogP contribution in [0.15, 0.2) is 53.0 Å². The number of likely N-dealkylation sites (tertiary alicyclic amines) is 1. The van der Waals surface area contributed by atoms with E-state index in [2.05, 4.69) is 21.2 Å². The molecule has 0 spiro atoms. The summed E-state index contributed by atoms with van der Waals surface area (Å²) in [5.74, 6) is 0.736. The predicted octanol–water partition coefficient (Wildman–Crippen LogP) is 3.90. The van der Waals surface area contributed by atoms with Crippen LogP contribution in [0.4, 0.5) is 0 Å². The predicted molar refractivity (Wildman–Crippen MR) is 130 cm³/mol. The Labute approximate surface area is 203 Å². The fourth-order valence-corrected chi connectivity index (χ4v) is 6.50. The molecule has 6 nitrogen and oxygen atoms in total. The van der Waals surface area contributed by atoms with Gasteiger partial charge in [-0.15, -0.1) is 11.3 Å². The summed E-state index contributed by atoms with van der Waals surface area (Å²) in [5, 5.41) is 4.23. The van der Waals surface area contributed by atoms with Crippen molar-refractivity contribution < 1.29 is 14.4 Å². The van der Waals surface area contributed by atoms with E-state index in [-0.39, 0.29) is 23.8 Å². The Kier molecular flexibility index (Phi) is 5.03. The molecule has 3 aliphatic rings. The van der Waals surface area contributed by atoms with E-state index in [1.165, 1.54) is 11.3 Å². The lowest BCUT2D eigenvalue weighted by Gasteiger charge is -2.22. The lowest BCUT2D eigenvalue weighted by molar-refractivity contribution is -0.130. The van der Waals surface area contributed by atoms with Gasteiger partial charge >= 0.3 is 0 Å². The molecule has 168 valence electrons. The van der Waals surface area contributed by atoms with Crippen LogP contribution in [0.5, 0.6) is 0 Å². The molecule has 0 radical (unpaired) electrons. The molecule has 1 saturated heterocycles. The monoisotopic (exact) mass is 523 g/mol. The summed E-state index contributed by atoms with van der Waals surface area (Å²) in [6.07, 6.45) is 0.341. The van der Waals surface area contributed by atoms with E-state index in [9.17, 15) is 14.4 Å². The minimum Gasteiger partial charge on any atom is -0.348 e. The number of halogens is 1. The lowest BCUT2D eigenvalue weighted by Crippen LogP contribution is -2.38. The number of carbonyl (C=O) groups is 3. The van der Waals surface area contributed by atoms with Crippen LogP contribution in [0.1, 0.15) is 32.0 Å². The fraction of sp³-hybridized carbons (Fsp3) is 0.320. The summed E-state index contributed by atoms with van der Waals surface area (Å²) in [6, 6.07) is 15.7. The highest BCUT2D eigenvalue weighted by Crippen LogP contribution is 2.46. The van der Waals surface area contributed by atoms with Crippen molar-refractivity contribution in [3.8, 4) is 0 Å². The molecule has 2 aromatic carbocycles. The summed E-state index contributed by atoms with van der Waals surface area (Å²) in [6.45, 7) is 2.39. The van der Waals surface area contributed by atoms with Gasteiger partial charge in [-0.2, -0.15) is 0 Å². The van der Waals surface area contributed by atoms with Gasteiger partial charge in [-0.3, -0.25) is 14.4 Å². The highest BCUT2D eigenvalue weighted by molar-refractivity contribution is 9.10. The molecule has 1 aromatic heterocycles. The first-order valence-electron chi connectivity index (χ1n) is 11.1. The summed E-state index contributed by atoms with van der Waals surface area (Å²) in [7, 11) is 0. The first-order chi connectivity index (χ1) is 16.0. The normalized spacial score (nSPS) is 23.1. The van der Waals surface area contributed by atoms with Gasteiger partial charge in [0, 0.05) is 65.2 Å². The van der Waals surface area contributed by atoms with Gasteiger partial charge in [0.05, 0.1) is 4.88 Å². The second-order valence-corrected chi connectivity index (χ2v) is 11.1. The maximum Gasteiger partial charge on any atom is 0.261 e. The minimum absolute atomic E-state index is 0.0130. The maximum atomic E-state index is 12.7. The van der Waals surface area contributed by atoms with Gasteiger partial charge in [0.15, 0.2) is 0 Å². The van der Waals surface area contributed by atoms with Crippen LogP contribution in [0.25, 0.3) is 10.1 Å². The average Bonchev–Trinajstić information content (AvgIpc) is 3.21. The molecule has 1 unspecified atom stereocenters. The number of rotatable bonds is 5.